The zero-order valence-corrected chi connectivity index (χ0v) is 14.6. The number of piperidine rings is 1. The van der Waals surface area contributed by atoms with E-state index in [0.717, 1.165) is 12.8 Å². The molecule has 3 heterocycles. The van der Waals surface area contributed by atoms with Gasteiger partial charge in [0.2, 0.25) is 5.91 Å². The SMILES string of the molecule is O=C(NCC1CCN(C(=O)C=Cc2ccco2)CC1)C(=O)Nc1ccon1. The number of aromatic nitrogens is 1. The molecule has 0 radical (unpaired) electrons. The monoisotopic (exact) mass is 372 g/mol. The molecule has 0 saturated carbocycles. The molecule has 1 aliphatic rings. The quantitative estimate of drug-likeness (QED) is 0.603. The van der Waals surface area contributed by atoms with E-state index in [0.29, 0.717) is 25.4 Å². The van der Waals surface area contributed by atoms with Crippen LogP contribution in [0.1, 0.15) is 18.6 Å². The first-order valence-corrected chi connectivity index (χ1v) is 8.62. The van der Waals surface area contributed by atoms with Gasteiger partial charge < -0.3 is 19.2 Å². The van der Waals surface area contributed by atoms with E-state index >= 15 is 0 Å². The number of carbonyl (C=O) groups excluding carboxylic acids is 3. The Bertz CT molecular complexity index is 790. The Morgan fingerprint density at radius 2 is 2.00 bits per heavy atom. The number of nitrogens with zero attached hydrogens (tertiary/aromatic N) is 2. The summed E-state index contributed by atoms with van der Waals surface area (Å²) >= 11 is 0. The smallest absolute Gasteiger partial charge is 0.314 e. The molecule has 0 unspecified atom stereocenters. The first-order valence-electron chi connectivity index (χ1n) is 8.62. The maximum atomic E-state index is 12.2. The average Bonchev–Trinajstić information content (AvgIpc) is 3.38. The lowest BCUT2D eigenvalue weighted by atomic mass is 9.96. The molecule has 2 N–H and O–H groups in total. The van der Waals surface area contributed by atoms with Crippen molar-refractivity contribution in [1.29, 1.82) is 0 Å². The summed E-state index contributed by atoms with van der Waals surface area (Å²) in [7, 11) is 0. The molecular weight excluding hydrogens is 352 g/mol. The highest BCUT2D eigenvalue weighted by Gasteiger charge is 2.23. The molecule has 0 bridgehead atoms. The van der Waals surface area contributed by atoms with Gasteiger partial charge in [-0.1, -0.05) is 5.16 Å². The number of amides is 3. The predicted octanol–water partition coefficient (Wildman–Crippen LogP) is 1.27. The van der Waals surface area contributed by atoms with E-state index in [4.69, 9.17) is 4.42 Å². The van der Waals surface area contributed by atoms with Crippen LogP contribution < -0.4 is 10.6 Å². The fraction of sp³-hybridized carbons (Fsp3) is 0.333. The van der Waals surface area contributed by atoms with Gasteiger partial charge in [-0.15, -0.1) is 0 Å². The van der Waals surface area contributed by atoms with E-state index in [1.165, 1.54) is 18.4 Å². The summed E-state index contributed by atoms with van der Waals surface area (Å²) in [6.07, 6.45) is 7.50. The zero-order valence-electron chi connectivity index (χ0n) is 14.6. The van der Waals surface area contributed by atoms with Crippen LogP contribution in [0.5, 0.6) is 0 Å². The Morgan fingerprint density at radius 3 is 2.67 bits per heavy atom. The van der Waals surface area contributed by atoms with Crippen LogP contribution in [0.15, 0.2) is 45.7 Å². The predicted molar refractivity (Wildman–Crippen MR) is 95.2 cm³/mol. The minimum atomic E-state index is -0.792. The Hall–Kier alpha value is -3.36. The van der Waals surface area contributed by atoms with Crippen LogP contribution in [-0.4, -0.2) is 47.4 Å². The van der Waals surface area contributed by atoms with Crippen LogP contribution in [-0.2, 0) is 14.4 Å². The van der Waals surface area contributed by atoms with Crippen molar-refractivity contribution >= 4 is 29.6 Å². The summed E-state index contributed by atoms with van der Waals surface area (Å²) in [4.78, 5) is 37.5. The number of likely N-dealkylation sites (tertiary alicyclic amines) is 1. The maximum absolute atomic E-state index is 12.2. The van der Waals surface area contributed by atoms with E-state index in [1.54, 1.807) is 29.4 Å². The number of anilines is 1. The van der Waals surface area contributed by atoms with E-state index in [2.05, 4.69) is 20.3 Å². The van der Waals surface area contributed by atoms with Crippen molar-refractivity contribution in [2.45, 2.75) is 12.8 Å². The van der Waals surface area contributed by atoms with Crippen molar-refractivity contribution in [2.24, 2.45) is 5.92 Å². The van der Waals surface area contributed by atoms with Crippen molar-refractivity contribution in [3.8, 4) is 0 Å². The molecule has 0 aromatic carbocycles. The molecule has 0 spiro atoms. The molecule has 1 saturated heterocycles. The van der Waals surface area contributed by atoms with Gasteiger partial charge >= 0.3 is 11.8 Å². The maximum Gasteiger partial charge on any atom is 0.314 e. The summed E-state index contributed by atoms with van der Waals surface area (Å²) in [5.74, 6) is -0.556. The van der Waals surface area contributed by atoms with Crippen LogP contribution in [0.2, 0.25) is 0 Å². The molecule has 9 nitrogen and oxygen atoms in total. The molecule has 1 fully saturated rings. The minimum Gasteiger partial charge on any atom is -0.465 e. The van der Waals surface area contributed by atoms with Crippen molar-refractivity contribution < 1.29 is 23.3 Å². The minimum absolute atomic E-state index is 0.0686. The molecule has 3 rings (SSSR count). The van der Waals surface area contributed by atoms with Crippen molar-refractivity contribution in [2.75, 3.05) is 25.0 Å². The zero-order chi connectivity index (χ0) is 19.1. The summed E-state index contributed by atoms with van der Waals surface area (Å²) in [6.45, 7) is 1.59. The van der Waals surface area contributed by atoms with Gasteiger partial charge in [-0.3, -0.25) is 19.7 Å². The van der Waals surface area contributed by atoms with Crippen molar-refractivity contribution in [3.05, 3.63) is 42.6 Å². The lowest BCUT2D eigenvalue weighted by Crippen LogP contribution is -2.43. The fourth-order valence-corrected chi connectivity index (χ4v) is 2.77. The second-order valence-electron chi connectivity index (χ2n) is 6.17. The third kappa shape index (κ3) is 5.30. The number of carbonyl (C=O) groups is 3. The second-order valence-corrected chi connectivity index (χ2v) is 6.17. The number of hydrogen-bond donors (Lipinski definition) is 2. The summed E-state index contributed by atoms with van der Waals surface area (Å²) < 4.78 is 9.73. The number of rotatable bonds is 5. The van der Waals surface area contributed by atoms with Gasteiger partial charge in [-0.05, 0) is 37.0 Å². The molecule has 1 aliphatic heterocycles. The van der Waals surface area contributed by atoms with Gasteiger partial charge in [0.25, 0.3) is 0 Å². The van der Waals surface area contributed by atoms with Crippen LogP contribution in [0.4, 0.5) is 5.82 Å². The summed E-state index contributed by atoms with van der Waals surface area (Å²) in [5, 5.41) is 8.46. The fourth-order valence-electron chi connectivity index (χ4n) is 2.77. The highest BCUT2D eigenvalue weighted by molar-refractivity contribution is 6.39. The van der Waals surface area contributed by atoms with E-state index in [-0.39, 0.29) is 17.6 Å². The van der Waals surface area contributed by atoms with Crippen LogP contribution >= 0.6 is 0 Å². The van der Waals surface area contributed by atoms with Gasteiger partial charge in [0.05, 0.1) is 6.26 Å². The molecule has 2 aromatic rings. The van der Waals surface area contributed by atoms with E-state index in [9.17, 15) is 14.4 Å². The van der Waals surface area contributed by atoms with Gasteiger partial charge in [-0.2, -0.15) is 0 Å². The summed E-state index contributed by atoms with van der Waals surface area (Å²) in [6, 6.07) is 4.98. The summed E-state index contributed by atoms with van der Waals surface area (Å²) in [5.41, 5.74) is 0. The average molecular weight is 372 g/mol. The highest BCUT2D eigenvalue weighted by atomic mass is 16.5. The molecule has 142 valence electrons. The Kier molecular flexibility index (Phi) is 6.03. The first-order chi connectivity index (χ1) is 13.1. The third-order valence-corrected chi connectivity index (χ3v) is 4.30. The van der Waals surface area contributed by atoms with Gasteiger partial charge in [0, 0.05) is 31.8 Å². The molecule has 27 heavy (non-hydrogen) atoms. The number of furan rings is 1. The highest BCUT2D eigenvalue weighted by Crippen LogP contribution is 2.17. The van der Waals surface area contributed by atoms with Crippen molar-refractivity contribution in [3.63, 3.8) is 0 Å². The first kappa shape index (κ1) is 18.4. The van der Waals surface area contributed by atoms with Gasteiger partial charge in [0.15, 0.2) is 5.82 Å². The Balaban J connectivity index is 1.37. The molecular formula is C18H20N4O5. The second kappa shape index (κ2) is 8.84. The largest absolute Gasteiger partial charge is 0.465 e. The van der Waals surface area contributed by atoms with Crippen molar-refractivity contribution in [1.82, 2.24) is 15.4 Å². The molecule has 0 aliphatic carbocycles. The topological polar surface area (TPSA) is 118 Å². The number of nitrogens with one attached hydrogen (secondary N) is 2. The van der Waals surface area contributed by atoms with Crippen LogP contribution in [0.25, 0.3) is 6.08 Å². The molecule has 2 aromatic heterocycles. The van der Waals surface area contributed by atoms with Crippen LogP contribution in [0.3, 0.4) is 0 Å². The Morgan fingerprint density at radius 1 is 1.19 bits per heavy atom. The molecule has 9 heteroatoms. The van der Waals surface area contributed by atoms with E-state index in [1.807, 2.05) is 0 Å². The number of hydrogen-bond acceptors (Lipinski definition) is 6. The normalized spacial score (nSPS) is 15.0. The van der Waals surface area contributed by atoms with Gasteiger partial charge in [-0.25, -0.2) is 0 Å². The lowest BCUT2D eigenvalue weighted by Gasteiger charge is -2.31. The van der Waals surface area contributed by atoms with Gasteiger partial charge in [0.1, 0.15) is 12.0 Å². The Labute approximate surface area is 155 Å². The van der Waals surface area contributed by atoms with Crippen LogP contribution in [0, 0.1) is 5.92 Å². The lowest BCUT2D eigenvalue weighted by molar-refractivity contribution is -0.136. The van der Waals surface area contributed by atoms with E-state index < -0.39 is 11.8 Å². The third-order valence-electron chi connectivity index (χ3n) is 4.30. The standard InChI is InChI=1S/C18H20N4O5/c23-16(4-3-14-2-1-10-26-14)22-8-5-13(6-9-22)12-19-17(24)18(25)20-15-7-11-27-21-15/h1-4,7,10-11,13H,5-6,8-9,12H2,(H,19,24)(H,20,21,25). The molecule has 3 amide bonds. The molecule has 0 atom stereocenters.